The van der Waals surface area contributed by atoms with E-state index >= 15 is 0 Å². The van der Waals surface area contributed by atoms with Gasteiger partial charge in [-0.3, -0.25) is 4.79 Å². The number of hydrogen-bond donors (Lipinski definition) is 2. The van der Waals surface area contributed by atoms with E-state index in [4.69, 9.17) is 5.73 Å². The second-order valence-corrected chi connectivity index (χ2v) is 4.37. The molecule has 1 saturated carbocycles. The van der Waals surface area contributed by atoms with Crippen LogP contribution in [0.1, 0.15) is 29.6 Å². The molecule has 1 aliphatic carbocycles. The molecule has 0 unspecified atom stereocenters. The maximum atomic E-state index is 11.9. The van der Waals surface area contributed by atoms with Crippen LogP contribution in [-0.4, -0.2) is 18.5 Å². The number of rotatable bonds is 3. The Balaban J connectivity index is 1.97. The lowest BCUT2D eigenvalue weighted by Gasteiger charge is -2.19. The lowest BCUT2D eigenvalue weighted by molar-refractivity contribution is 0.0929. The summed E-state index contributed by atoms with van der Waals surface area (Å²) in [5.41, 5.74) is 6.41. The van der Waals surface area contributed by atoms with E-state index in [2.05, 4.69) is 5.32 Å². The van der Waals surface area contributed by atoms with E-state index in [0.717, 1.165) is 18.4 Å². The zero-order chi connectivity index (χ0) is 11.4. The van der Waals surface area contributed by atoms with Crippen LogP contribution in [0.3, 0.4) is 0 Å². The van der Waals surface area contributed by atoms with Crippen molar-refractivity contribution in [3.63, 3.8) is 0 Å². The summed E-state index contributed by atoms with van der Waals surface area (Å²) < 4.78 is 0. The zero-order valence-electron chi connectivity index (χ0n) is 9.36. The van der Waals surface area contributed by atoms with Crippen LogP contribution in [0.15, 0.2) is 30.3 Å². The summed E-state index contributed by atoms with van der Waals surface area (Å²) >= 11 is 0. The number of carbonyl (C=O) groups excluding carboxylic acids is 1. The van der Waals surface area contributed by atoms with Crippen LogP contribution >= 0.6 is 0 Å². The first-order valence-electron chi connectivity index (χ1n) is 5.87. The van der Waals surface area contributed by atoms with E-state index in [9.17, 15) is 4.79 Å². The first-order valence-corrected chi connectivity index (χ1v) is 5.87. The van der Waals surface area contributed by atoms with Gasteiger partial charge in [-0.1, -0.05) is 24.6 Å². The third-order valence-electron chi connectivity index (χ3n) is 3.31. The van der Waals surface area contributed by atoms with E-state index in [1.807, 2.05) is 30.3 Å². The molecule has 0 spiro atoms. The first-order chi connectivity index (χ1) is 7.81. The third-order valence-corrected chi connectivity index (χ3v) is 3.31. The smallest absolute Gasteiger partial charge is 0.251 e. The molecule has 0 bridgehead atoms. The molecule has 1 aromatic rings. The fraction of sp³-hybridized carbons (Fsp3) is 0.462. The molecular formula is C13H18N2O. The Hall–Kier alpha value is -1.35. The number of carbonyl (C=O) groups is 1. The monoisotopic (exact) mass is 218 g/mol. The van der Waals surface area contributed by atoms with E-state index in [-0.39, 0.29) is 11.9 Å². The van der Waals surface area contributed by atoms with Crippen LogP contribution in [-0.2, 0) is 0 Å². The summed E-state index contributed by atoms with van der Waals surface area (Å²) in [6.45, 7) is 0.666. The van der Waals surface area contributed by atoms with E-state index in [1.165, 1.54) is 6.42 Å². The summed E-state index contributed by atoms with van der Waals surface area (Å²) in [7, 11) is 0. The molecule has 16 heavy (non-hydrogen) atoms. The second-order valence-electron chi connectivity index (χ2n) is 4.37. The molecule has 2 rings (SSSR count). The van der Waals surface area contributed by atoms with Gasteiger partial charge < -0.3 is 11.1 Å². The van der Waals surface area contributed by atoms with Gasteiger partial charge in [0, 0.05) is 11.6 Å². The summed E-state index contributed by atoms with van der Waals surface area (Å²) in [5.74, 6) is 0.471. The van der Waals surface area contributed by atoms with Gasteiger partial charge in [-0.2, -0.15) is 0 Å². The van der Waals surface area contributed by atoms with Gasteiger partial charge in [0.25, 0.3) is 5.91 Å². The van der Waals surface area contributed by atoms with Crippen LogP contribution in [0.25, 0.3) is 0 Å². The van der Waals surface area contributed by atoms with Crippen molar-refractivity contribution < 1.29 is 4.79 Å². The number of nitrogens with one attached hydrogen (secondary N) is 1. The molecule has 86 valence electrons. The molecule has 2 atom stereocenters. The van der Waals surface area contributed by atoms with Gasteiger partial charge >= 0.3 is 0 Å². The van der Waals surface area contributed by atoms with Crippen LogP contribution < -0.4 is 11.1 Å². The van der Waals surface area contributed by atoms with Crippen molar-refractivity contribution in [2.45, 2.75) is 25.3 Å². The Morgan fingerprint density at radius 1 is 1.31 bits per heavy atom. The molecule has 1 aromatic carbocycles. The highest BCUT2D eigenvalue weighted by molar-refractivity contribution is 5.94. The highest BCUT2D eigenvalue weighted by Gasteiger charge is 2.27. The van der Waals surface area contributed by atoms with Crippen molar-refractivity contribution in [3.8, 4) is 0 Å². The Bertz CT molecular complexity index is 350. The van der Waals surface area contributed by atoms with Crippen molar-refractivity contribution >= 4 is 5.91 Å². The zero-order valence-corrected chi connectivity index (χ0v) is 9.36. The van der Waals surface area contributed by atoms with Gasteiger partial charge in [-0.05, 0) is 37.4 Å². The van der Waals surface area contributed by atoms with Crippen LogP contribution in [0.2, 0.25) is 0 Å². The predicted octanol–water partition coefficient (Wildman–Crippen LogP) is 1.54. The Morgan fingerprint density at radius 2 is 2.06 bits per heavy atom. The average molecular weight is 218 g/mol. The van der Waals surface area contributed by atoms with Gasteiger partial charge in [0.2, 0.25) is 0 Å². The van der Waals surface area contributed by atoms with Gasteiger partial charge in [-0.25, -0.2) is 0 Å². The van der Waals surface area contributed by atoms with Crippen molar-refractivity contribution in [2.24, 2.45) is 11.7 Å². The minimum atomic E-state index is 0.0194. The summed E-state index contributed by atoms with van der Waals surface area (Å²) in [4.78, 5) is 11.9. The van der Waals surface area contributed by atoms with Crippen molar-refractivity contribution in [3.05, 3.63) is 35.9 Å². The molecule has 3 nitrogen and oxygen atoms in total. The molecule has 3 heteroatoms. The van der Waals surface area contributed by atoms with E-state index < -0.39 is 0 Å². The quantitative estimate of drug-likeness (QED) is 0.808. The minimum Gasteiger partial charge on any atom is -0.349 e. The third kappa shape index (κ3) is 2.42. The lowest BCUT2D eigenvalue weighted by atomic mass is 10.0. The maximum Gasteiger partial charge on any atom is 0.251 e. The number of benzene rings is 1. The molecule has 1 aliphatic rings. The van der Waals surface area contributed by atoms with Crippen molar-refractivity contribution in [1.82, 2.24) is 5.32 Å². The molecule has 0 aromatic heterocycles. The molecule has 0 saturated heterocycles. The number of hydrogen-bond acceptors (Lipinski definition) is 2. The standard InChI is InChI=1S/C13H18N2O/c14-9-11-7-4-8-12(11)15-13(16)10-5-2-1-3-6-10/h1-3,5-6,11-12H,4,7-9,14H2,(H,15,16)/t11-,12-/m1/s1. The predicted molar refractivity (Wildman–Crippen MR) is 64.1 cm³/mol. The normalized spacial score (nSPS) is 24.3. The molecule has 0 radical (unpaired) electrons. The second kappa shape index (κ2) is 5.12. The fourth-order valence-electron chi connectivity index (χ4n) is 2.35. The number of amides is 1. The van der Waals surface area contributed by atoms with Crippen LogP contribution in [0.4, 0.5) is 0 Å². The van der Waals surface area contributed by atoms with Crippen molar-refractivity contribution in [1.29, 1.82) is 0 Å². The molecule has 0 heterocycles. The first kappa shape index (κ1) is 11.1. The SMILES string of the molecule is NC[C@H]1CCC[C@H]1NC(=O)c1ccccc1. The topological polar surface area (TPSA) is 55.1 Å². The molecule has 1 amide bonds. The highest BCUT2D eigenvalue weighted by Crippen LogP contribution is 2.24. The maximum absolute atomic E-state index is 11.9. The van der Waals surface area contributed by atoms with Gasteiger partial charge in [0.1, 0.15) is 0 Å². The van der Waals surface area contributed by atoms with Gasteiger partial charge in [0.15, 0.2) is 0 Å². The largest absolute Gasteiger partial charge is 0.349 e. The summed E-state index contributed by atoms with van der Waals surface area (Å²) in [5, 5.41) is 3.08. The molecular weight excluding hydrogens is 200 g/mol. The van der Waals surface area contributed by atoms with Gasteiger partial charge in [-0.15, -0.1) is 0 Å². The van der Waals surface area contributed by atoms with Crippen LogP contribution in [0, 0.1) is 5.92 Å². The minimum absolute atomic E-state index is 0.0194. The fourth-order valence-corrected chi connectivity index (χ4v) is 2.35. The van der Waals surface area contributed by atoms with Crippen LogP contribution in [0.5, 0.6) is 0 Å². The Morgan fingerprint density at radius 3 is 2.75 bits per heavy atom. The van der Waals surface area contributed by atoms with E-state index in [0.29, 0.717) is 12.5 Å². The summed E-state index contributed by atoms with van der Waals surface area (Å²) in [6, 6.07) is 9.60. The molecule has 3 N–H and O–H groups in total. The Kier molecular flexibility index (Phi) is 3.57. The van der Waals surface area contributed by atoms with Gasteiger partial charge in [0.05, 0.1) is 0 Å². The molecule has 0 aliphatic heterocycles. The summed E-state index contributed by atoms with van der Waals surface area (Å²) in [6.07, 6.45) is 3.36. The number of nitrogens with two attached hydrogens (primary N) is 1. The average Bonchev–Trinajstić information content (AvgIpc) is 2.77. The Labute approximate surface area is 96.0 Å². The lowest BCUT2D eigenvalue weighted by Crippen LogP contribution is -2.39. The van der Waals surface area contributed by atoms with E-state index in [1.54, 1.807) is 0 Å². The highest BCUT2D eigenvalue weighted by atomic mass is 16.1. The van der Waals surface area contributed by atoms with Crippen molar-refractivity contribution in [2.75, 3.05) is 6.54 Å². The molecule has 1 fully saturated rings.